The van der Waals surface area contributed by atoms with Gasteiger partial charge in [-0.05, 0) is 47.9 Å². The largest absolute Gasteiger partial charge is 0.324 e. The van der Waals surface area contributed by atoms with Gasteiger partial charge in [-0.25, -0.2) is 0 Å². The molecule has 0 aliphatic heterocycles. The molecule has 2 N–H and O–H groups in total. The summed E-state index contributed by atoms with van der Waals surface area (Å²) in [6.07, 6.45) is 0.920. The molecular formula is C15H17ClN2OS. The molecule has 1 aromatic carbocycles. The van der Waals surface area contributed by atoms with Crippen molar-refractivity contribution in [1.82, 2.24) is 5.32 Å². The number of halogens is 1. The van der Waals surface area contributed by atoms with E-state index in [0.29, 0.717) is 10.7 Å². The number of hydrogen-bond donors (Lipinski definition) is 2. The topological polar surface area (TPSA) is 41.1 Å². The summed E-state index contributed by atoms with van der Waals surface area (Å²) in [6, 6.07) is 9.57. The van der Waals surface area contributed by atoms with Crippen molar-refractivity contribution in [2.45, 2.75) is 19.4 Å². The summed E-state index contributed by atoms with van der Waals surface area (Å²) in [5, 5.41) is 10.7. The van der Waals surface area contributed by atoms with Crippen LogP contribution in [0.2, 0.25) is 5.02 Å². The first-order chi connectivity index (χ1) is 9.65. The summed E-state index contributed by atoms with van der Waals surface area (Å²) in [4.78, 5) is 11.8. The average molecular weight is 309 g/mol. The van der Waals surface area contributed by atoms with Crippen molar-refractivity contribution in [3.8, 4) is 0 Å². The lowest BCUT2D eigenvalue weighted by Gasteiger charge is -2.13. The van der Waals surface area contributed by atoms with Crippen molar-refractivity contribution >= 4 is 34.5 Å². The molecule has 5 heteroatoms. The van der Waals surface area contributed by atoms with Gasteiger partial charge < -0.3 is 10.6 Å². The molecule has 0 fully saturated rings. The third-order valence-corrected chi connectivity index (χ3v) is 3.94. The number of rotatable bonds is 6. The number of anilines is 1. The number of hydrogen-bond acceptors (Lipinski definition) is 3. The van der Waals surface area contributed by atoms with E-state index < -0.39 is 0 Å². The number of benzene rings is 1. The summed E-state index contributed by atoms with van der Waals surface area (Å²) in [5.41, 5.74) is 1.94. The maximum atomic E-state index is 11.8. The van der Waals surface area contributed by atoms with Crippen LogP contribution in [0.5, 0.6) is 0 Å². The van der Waals surface area contributed by atoms with Crippen LogP contribution in [0.15, 0.2) is 41.1 Å². The molecule has 0 radical (unpaired) electrons. The Bertz CT molecular complexity index is 557. The Morgan fingerprint density at radius 2 is 2.15 bits per heavy atom. The Morgan fingerprint density at radius 3 is 2.85 bits per heavy atom. The van der Waals surface area contributed by atoms with E-state index in [4.69, 9.17) is 11.6 Å². The van der Waals surface area contributed by atoms with Crippen LogP contribution in [0.25, 0.3) is 0 Å². The van der Waals surface area contributed by atoms with Crippen LogP contribution < -0.4 is 10.6 Å². The van der Waals surface area contributed by atoms with Crippen molar-refractivity contribution in [1.29, 1.82) is 0 Å². The Kier molecular flexibility index (Phi) is 5.59. The van der Waals surface area contributed by atoms with E-state index in [1.807, 2.05) is 12.1 Å². The quantitative estimate of drug-likeness (QED) is 0.856. The number of amides is 1. The van der Waals surface area contributed by atoms with Crippen LogP contribution in [0, 0.1) is 0 Å². The predicted molar refractivity (Wildman–Crippen MR) is 85.6 cm³/mol. The van der Waals surface area contributed by atoms with Crippen LogP contribution in [-0.2, 0) is 11.2 Å². The van der Waals surface area contributed by atoms with Gasteiger partial charge in [0.15, 0.2) is 0 Å². The predicted octanol–water partition coefficient (Wildman–Crippen LogP) is 3.56. The lowest BCUT2D eigenvalue weighted by Crippen LogP contribution is -2.35. The molecule has 2 aromatic rings. The van der Waals surface area contributed by atoms with Gasteiger partial charge >= 0.3 is 0 Å². The first-order valence-electron chi connectivity index (χ1n) is 6.44. The Labute approximate surface area is 128 Å². The molecule has 0 spiro atoms. The molecule has 20 heavy (non-hydrogen) atoms. The molecule has 1 amide bonds. The lowest BCUT2D eigenvalue weighted by molar-refractivity contribution is -0.115. The summed E-state index contributed by atoms with van der Waals surface area (Å²) in [6.45, 7) is 2.34. The van der Waals surface area contributed by atoms with Crippen LogP contribution >= 0.6 is 22.9 Å². The molecule has 0 aliphatic carbocycles. The highest BCUT2D eigenvalue weighted by Gasteiger charge is 2.08. The van der Waals surface area contributed by atoms with E-state index in [-0.39, 0.29) is 18.5 Å². The fourth-order valence-corrected chi connectivity index (χ4v) is 2.72. The Hall–Kier alpha value is -1.36. The van der Waals surface area contributed by atoms with Gasteiger partial charge in [0, 0.05) is 6.04 Å². The maximum absolute atomic E-state index is 11.8. The van der Waals surface area contributed by atoms with E-state index in [0.717, 1.165) is 6.42 Å². The van der Waals surface area contributed by atoms with E-state index in [9.17, 15) is 4.79 Å². The van der Waals surface area contributed by atoms with Gasteiger partial charge in [-0.1, -0.05) is 23.7 Å². The molecule has 1 unspecified atom stereocenters. The minimum absolute atomic E-state index is 0.0877. The minimum atomic E-state index is -0.0877. The zero-order chi connectivity index (χ0) is 14.4. The van der Waals surface area contributed by atoms with Crippen molar-refractivity contribution in [2.24, 2.45) is 0 Å². The van der Waals surface area contributed by atoms with Crippen molar-refractivity contribution in [2.75, 3.05) is 11.9 Å². The van der Waals surface area contributed by atoms with Gasteiger partial charge in [-0.2, -0.15) is 11.3 Å². The third kappa shape index (κ3) is 4.63. The lowest BCUT2D eigenvalue weighted by atomic mass is 10.1. The molecule has 3 nitrogen and oxygen atoms in total. The average Bonchev–Trinajstić information content (AvgIpc) is 2.92. The summed E-state index contributed by atoms with van der Waals surface area (Å²) >= 11 is 7.68. The van der Waals surface area contributed by atoms with Gasteiger partial charge in [0.1, 0.15) is 0 Å². The van der Waals surface area contributed by atoms with E-state index >= 15 is 0 Å². The molecule has 1 aromatic heterocycles. The molecule has 0 aliphatic rings. The van der Waals surface area contributed by atoms with Crippen molar-refractivity contribution in [3.63, 3.8) is 0 Å². The number of nitrogens with one attached hydrogen (secondary N) is 2. The minimum Gasteiger partial charge on any atom is -0.324 e. The second-order valence-corrected chi connectivity index (χ2v) is 5.83. The van der Waals surface area contributed by atoms with Crippen molar-refractivity contribution < 1.29 is 4.79 Å². The van der Waals surface area contributed by atoms with E-state index in [1.54, 1.807) is 23.5 Å². The normalized spacial score (nSPS) is 12.1. The summed E-state index contributed by atoms with van der Waals surface area (Å²) in [7, 11) is 0. The summed E-state index contributed by atoms with van der Waals surface area (Å²) < 4.78 is 0. The summed E-state index contributed by atoms with van der Waals surface area (Å²) in [5.74, 6) is -0.0877. The standard InChI is InChI=1S/C15H17ClN2OS/c1-11(8-12-6-7-20-10-12)17-9-15(19)18-14-5-3-2-4-13(14)16/h2-7,10-11,17H,8-9H2,1H3,(H,18,19). The maximum Gasteiger partial charge on any atom is 0.238 e. The molecular weight excluding hydrogens is 292 g/mol. The fourth-order valence-electron chi connectivity index (χ4n) is 1.86. The van der Waals surface area contributed by atoms with Gasteiger partial charge in [0.05, 0.1) is 17.3 Å². The van der Waals surface area contributed by atoms with E-state index in [1.165, 1.54) is 5.56 Å². The second kappa shape index (κ2) is 7.43. The van der Waals surface area contributed by atoms with Gasteiger partial charge in [-0.3, -0.25) is 4.79 Å². The molecule has 1 atom stereocenters. The number of thiophene rings is 1. The van der Waals surface area contributed by atoms with E-state index in [2.05, 4.69) is 34.4 Å². The Morgan fingerprint density at radius 1 is 1.35 bits per heavy atom. The van der Waals surface area contributed by atoms with Crippen LogP contribution in [-0.4, -0.2) is 18.5 Å². The SMILES string of the molecule is CC(Cc1ccsc1)NCC(=O)Nc1ccccc1Cl. The van der Waals surface area contributed by atoms with Crippen LogP contribution in [0.4, 0.5) is 5.69 Å². The van der Waals surface area contributed by atoms with Crippen molar-refractivity contribution in [3.05, 3.63) is 51.7 Å². The zero-order valence-electron chi connectivity index (χ0n) is 11.2. The zero-order valence-corrected chi connectivity index (χ0v) is 12.8. The van der Waals surface area contributed by atoms with Crippen LogP contribution in [0.1, 0.15) is 12.5 Å². The second-order valence-electron chi connectivity index (χ2n) is 4.65. The molecule has 0 saturated heterocycles. The Balaban J connectivity index is 1.76. The smallest absolute Gasteiger partial charge is 0.238 e. The highest BCUT2D eigenvalue weighted by Crippen LogP contribution is 2.20. The fraction of sp³-hybridized carbons (Fsp3) is 0.267. The van der Waals surface area contributed by atoms with Gasteiger partial charge in [0.25, 0.3) is 0 Å². The third-order valence-electron chi connectivity index (χ3n) is 2.88. The number of para-hydroxylation sites is 1. The monoisotopic (exact) mass is 308 g/mol. The first kappa shape index (κ1) is 15.0. The molecule has 0 bridgehead atoms. The highest BCUT2D eigenvalue weighted by molar-refractivity contribution is 7.07. The molecule has 0 saturated carbocycles. The molecule has 1 heterocycles. The van der Waals surface area contributed by atoms with Crippen LogP contribution in [0.3, 0.4) is 0 Å². The molecule has 106 valence electrons. The number of carbonyl (C=O) groups excluding carboxylic acids is 1. The molecule has 2 rings (SSSR count). The highest BCUT2D eigenvalue weighted by atomic mass is 35.5. The number of carbonyl (C=O) groups is 1. The first-order valence-corrected chi connectivity index (χ1v) is 7.76. The van der Waals surface area contributed by atoms with Gasteiger partial charge in [-0.15, -0.1) is 0 Å². The van der Waals surface area contributed by atoms with Gasteiger partial charge in [0.2, 0.25) is 5.91 Å².